The number of ether oxygens (including phenoxy) is 2. The van der Waals surface area contributed by atoms with Gasteiger partial charge in [0, 0.05) is 11.1 Å². The molecule has 8 nitrogen and oxygen atoms in total. The van der Waals surface area contributed by atoms with Crippen molar-refractivity contribution in [3.63, 3.8) is 0 Å². The lowest BCUT2D eigenvalue weighted by Gasteiger charge is -2.14. The third-order valence-corrected chi connectivity index (χ3v) is 5.63. The Morgan fingerprint density at radius 1 is 1.06 bits per heavy atom. The predicted octanol–water partition coefficient (Wildman–Crippen LogP) is 5.68. The highest BCUT2D eigenvalue weighted by molar-refractivity contribution is 9.10. The van der Waals surface area contributed by atoms with Crippen molar-refractivity contribution in [2.45, 2.75) is 13.8 Å². The van der Waals surface area contributed by atoms with Crippen molar-refractivity contribution in [3.8, 4) is 11.5 Å². The first-order chi connectivity index (χ1) is 17.4. The van der Waals surface area contributed by atoms with Crippen LogP contribution in [0.3, 0.4) is 0 Å². The van der Waals surface area contributed by atoms with E-state index in [1.165, 1.54) is 6.21 Å². The smallest absolute Gasteiger partial charge is 0.307 e. The molecule has 4 aromatic rings. The van der Waals surface area contributed by atoms with Crippen molar-refractivity contribution >= 4 is 50.6 Å². The Hall–Kier alpha value is -4.11. The van der Waals surface area contributed by atoms with Crippen molar-refractivity contribution in [1.29, 1.82) is 0 Å². The number of halogens is 1. The number of amides is 2. The fraction of sp³-hybridized carbons (Fsp3) is 0.148. The highest BCUT2D eigenvalue weighted by atomic mass is 79.9. The van der Waals surface area contributed by atoms with Gasteiger partial charge in [-0.15, -0.1) is 0 Å². The van der Waals surface area contributed by atoms with Gasteiger partial charge in [-0.25, -0.2) is 5.43 Å². The molecule has 0 aliphatic rings. The van der Waals surface area contributed by atoms with E-state index >= 15 is 0 Å². The van der Waals surface area contributed by atoms with E-state index in [2.05, 4.69) is 31.8 Å². The maximum atomic E-state index is 12.4. The van der Waals surface area contributed by atoms with E-state index in [1.807, 2.05) is 56.3 Å². The molecule has 3 aromatic carbocycles. The van der Waals surface area contributed by atoms with Crippen LogP contribution in [0.25, 0.3) is 11.0 Å². The number of nitrogens with zero attached hydrogens (tertiary/aromatic N) is 1. The van der Waals surface area contributed by atoms with Crippen LogP contribution in [0.2, 0.25) is 0 Å². The van der Waals surface area contributed by atoms with Gasteiger partial charge in [-0.3, -0.25) is 9.59 Å². The predicted molar refractivity (Wildman–Crippen MR) is 142 cm³/mol. The monoisotopic (exact) mass is 549 g/mol. The molecular formula is C27H24BrN3O5. The molecule has 9 heteroatoms. The number of para-hydroxylation sites is 1. The molecule has 0 saturated carbocycles. The second kappa shape index (κ2) is 11.5. The van der Waals surface area contributed by atoms with E-state index in [-0.39, 0.29) is 18.3 Å². The van der Waals surface area contributed by atoms with Crippen LogP contribution >= 0.6 is 15.9 Å². The molecule has 4 rings (SSSR count). The van der Waals surface area contributed by atoms with Gasteiger partial charge in [0.25, 0.3) is 5.91 Å². The summed E-state index contributed by atoms with van der Waals surface area (Å²) < 4.78 is 17.6. The fourth-order valence-corrected chi connectivity index (χ4v) is 3.93. The fourth-order valence-electron chi connectivity index (χ4n) is 3.35. The van der Waals surface area contributed by atoms with Crippen molar-refractivity contribution in [2.75, 3.05) is 18.5 Å². The molecule has 2 N–H and O–H groups in total. The highest BCUT2D eigenvalue weighted by Gasteiger charge is 2.15. The van der Waals surface area contributed by atoms with Gasteiger partial charge in [0.05, 0.1) is 17.3 Å². The Morgan fingerprint density at radius 3 is 2.58 bits per heavy atom. The van der Waals surface area contributed by atoms with Gasteiger partial charge < -0.3 is 19.2 Å². The molecule has 1 heterocycles. The summed E-state index contributed by atoms with van der Waals surface area (Å²) in [5.41, 5.74) is 5.52. The maximum absolute atomic E-state index is 12.4. The van der Waals surface area contributed by atoms with Crippen molar-refractivity contribution < 1.29 is 23.5 Å². The standard InChI is InChI=1S/C27H24BrN3O5/c1-3-34-23-13-18(15-29-31-27(33)24-14-19-6-4-5-7-22(19)36-24)12-21(28)26(23)35-16-25(32)30-20-10-8-17(2)9-11-20/h4-15H,3,16H2,1-2H3,(H,30,32)(H,31,33)/b29-15+. The van der Waals surface area contributed by atoms with Crippen molar-refractivity contribution in [1.82, 2.24) is 5.43 Å². The minimum Gasteiger partial charge on any atom is -0.490 e. The summed E-state index contributed by atoms with van der Waals surface area (Å²) in [5.74, 6) is 0.217. The van der Waals surface area contributed by atoms with Gasteiger partial charge in [0.15, 0.2) is 23.9 Å². The summed E-state index contributed by atoms with van der Waals surface area (Å²) >= 11 is 3.47. The number of nitrogens with one attached hydrogen (secondary N) is 2. The molecule has 0 atom stereocenters. The van der Waals surface area contributed by atoms with Crippen LogP contribution in [-0.4, -0.2) is 31.2 Å². The Bertz CT molecular complexity index is 1380. The van der Waals surface area contributed by atoms with Crippen molar-refractivity contribution in [3.05, 3.63) is 88.1 Å². The summed E-state index contributed by atoms with van der Waals surface area (Å²) in [6, 6.07) is 20.0. The number of anilines is 1. The molecule has 0 saturated heterocycles. The molecule has 0 aliphatic carbocycles. The average molecular weight is 550 g/mol. The number of fused-ring (bicyclic) bond motifs is 1. The zero-order valence-corrected chi connectivity index (χ0v) is 21.3. The van der Waals surface area contributed by atoms with Crippen LogP contribution in [0.15, 0.2) is 80.7 Å². The number of hydrogen-bond acceptors (Lipinski definition) is 6. The lowest BCUT2D eigenvalue weighted by atomic mass is 10.2. The molecule has 0 fully saturated rings. The molecule has 0 spiro atoms. The molecule has 2 amide bonds. The number of benzene rings is 3. The molecule has 0 unspecified atom stereocenters. The third-order valence-electron chi connectivity index (χ3n) is 5.04. The van der Waals surface area contributed by atoms with E-state index in [0.717, 1.165) is 10.9 Å². The minimum atomic E-state index is -0.467. The lowest BCUT2D eigenvalue weighted by molar-refractivity contribution is -0.118. The Kier molecular flexibility index (Phi) is 8.02. The average Bonchev–Trinajstić information content (AvgIpc) is 3.30. The summed E-state index contributed by atoms with van der Waals surface area (Å²) in [6.07, 6.45) is 1.47. The van der Waals surface area contributed by atoms with E-state index in [1.54, 1.807) is 24.3 Å². The molecule has 36 heavy (non-hydrogen) atoms. The van der Waals surface area contributed by atoms with E-state index in [0.29, 0.717) is 39.4 Å². The first-order valence-corrected chi connectivity index (χ1v) is 12.0. The summed E-state index contributed by atoms with van der Waals surface area (Å²) in [6.45, 7) is 4.01. The van der Waals surface area contributed by atoms with Gasteiger partial charge in [-0.1, -0.05) is 35.9 Å². The largest absolute Gasteiger partial charge is 0.490 e. The molecule has 184 valence electrons. The van der Waals surface area contributed by atoms with E-state index < -0.39 is 5.91 Å². The van der Waals surface area contributed by atoms with Crippen LogP contribution < -0.4 is 20.2 Å². The summed E-state index contributed by atoms with van der Waals surface area (Å²) in [5, 5.41) is 7.65. The topological polar surface area (TPSA) is 102 Å². The van der Waals surface area contributed by atoms with Gasteiger partial charge in [0.1, 0.15) is 5.58 Å². The van der Waals surface area contributed by atoms with Crippen LogP contribution in [0.1, 0.15) is 28.6 Å². The van der Waals surface area contributed by atoms with E-state index in [9.17, 15) is 9.59 Å². The molecule has 0 bridgehead atoms. The number of furan rings is 1. The van der Waals surface area contributed by atoms with Gasteiger partial charge in [0.2, 0.25) is 0 Å². The second-order valence-electron chi connectivity index (χ2n) is 7.81. The second-order valence-corrected chi connectivity index (χ2v) is 8.67. The maximum Gasteiger partial charge on any atom is 0.307 e. The number of aryl methyl sites for hydroxylation is 1. The van der Waals surface area contributed by atoms with Crippen LogP contribution in [0, 0.1) is 6.92 Å². The normalized spacial score (nSPS) is 11.0. The number of hydrazone groups is 1. The van der Waals surface area contributed by atoms with Gasteiger partial charge in [-0.2, -0.15) is 5.10 Å². The van der Waals surface area contributed by atoms with Crippen LogP contribution in [-0.2, 0) is 4.79 Å². The zero-order chi connectivity index (χ0) is 25.5. The molecule has 0 aliphatic heterocycles. The Balaban J connectivity index is 1.40. The Labute approximate surface area is 216 Å². The van der Waals surface area contributed by atoms with Crippen LogP contribution in [0.5, 0.6) is 11.5 Å². The lowest BCUT2D eigenvalue weighted by Crippen LogP contribution is -2.20. The number of carbonyl (C=O) groups is 2. The zero-order valence-electron chi connectivity index (χ0n) is 19.7. The molecule has 1 aromatic heterocycles. The Morgan fingerprint density at radius 2 is 1.83 bits per heavy atom. The first-order valence-electron chi connectivity index (χ1n) is 11.2. The third kappa shape index (κ3) is 6.31. The number of rotatable bonds is 9. The summed E-state index contributed by atoms with van der Waals surface area (Å²) in [4.78, 5) is 24.7. The molecular weight excluding hydrogens is 526 g/mol. The number of hydrogen-bond donors (Lipinski definition) is 2. The summed E-state index contributed by atoms with van der Waals surface area (Å²) in [7, 11) is 0. The van der Waals surface area contributed by atoms with E-state index in [4.69, 9.17) is 13.9 Å². The quantitative estimate of drug-likeness (QED) is 0.206. The van der Waals surface area contributed by atoms with Gasteiger partial charge >= 0.3 is 5.91 Å². The number of carbonyl (C=O) groups excluding carboxylic acids is 2. The molecule has 0 radical (unpaired) electrons. The van der Waals surface area contributed by atoms with Gasteiger partial charge in [-0.05, 0) is 71.7 Å². The minimum absolute atomic E-state index is 0.164. The highest BCUT2D eigenvalue weighted by Crippen LogP contribution is 2.36. The van der Waals surface area contributed by atoms with Crippen LogP contribution in [0.4, 0.5) is 5.69 Å². The SMILES string of the molecule is CCOc1cc(/C=N/NC(=O)c2cc3ccccc3o2)cc(Br)c1OCC(=O)Nc1ccc(C)cc1. The first kappa shape index (κ1) is 25.0. The van der Waals surface area contributed by atoms with Crippen molar-refractivity contribution in [2.24, 2.45) is 5.10 Å².